The molecule has 0 aliphatic heterocycles. The molecule has 0 radical (unpaired) electrons. The predicted molar refractivity (Wildman–Crippen MR) is 76.0 cm³/mol. The molecule has 0 saturated heterocycles. The number of hydrogen-bond donors (Lipinski definition) is 2. The molecule has 0 amide bonds. The van der Waals surface area contributed by atoms with Gasteiger partial charge in [-0.05, 0) is 5.56 Å². The first-order chi connectivity index (χ1) is 8.61. The van der Waals surface area contributed by atoms with Gasteiger partial charge in [-0.2, -0.15) is 0 Å². The van der Waals surface area contributed by atoms with Gasteiger partial charge in [0.05, 0.1) is 0 Å². The molecular weight excluding hydrogens is 225 g/mol. The Morgan fingerprint density at radius 1 is 0.889 bits per heavy atom. The van der Waals surface area contributed by atoms with Gasteiger partial charge in [-0.15, -0.1) is 0 Å². The van der Waals surface area contributed by atoms with Crippen molar-refractivity contribution in [2.45, 2.75) is 0 Å². The monoisotopic (exact) mass is 241 g/mol. The molecule has 0 spiro atoms. The van der Waals surface area contributed by atoms with Gasteiger partial charge < -0.3 is 14.9 Å². The Kier molecular flexibility index (Phi) is 3.70. The highest BCUT2D eigenvalue weighted by Crippen LogP contribution is 2.28. The average molecular weight is 241 g/mol. The van der Waals surface area contributed by atoms with Crippen LogP contribution in [0.3, 0.4) is 0 Å². The highest BCUT2D eigenvalue weighted by molar-refractivity contribution is 6.61. The van der Waals surface area contributed by atoms with Crippen molar-refractivity contribution in [3.63, 3.8) is 0 Å². The van der Waals surface area contributed by atoms with E-state index in [1.54, 1.807) is 6.07 Å². The van der Waals surface area contributed by atoms with Gasteiger partial charge in [-0.25, -0.2) is 0 Å². The molecule has 0 heterocycles. The zero-order valence-corrected chi connectivity index (χ0v) is 10.5. The Labute approximate surface area is 107 Å². The molecule has 92 valence electrons. The molecule has 0 aliphatic rings. The lowest BCUT2D eigenvalue weighted by Crippen LogP contribution is -2.35. The van der Waals surface area contributed by atoms with Crippen LogP contribution in [0, 0.1) is 0 Å². The van der Waals surface area contributed by atoms with E-state index in [9.17, 15) is 10.0 Å². The molecule has 4 heteroatoms. The normalized spacial score (nSPS) is 10.2. The molecule has 2 N–H and O–H groups in total. The maximum atomic E-state index is 9.45. The molecule has 0 unspecified atom stereocenters. The molecule has 0 bridgehead atoms. The average Bonchev–Trinajstić information content (AvgIpc) is 2.38. The molecule has 0 saturated carbocycles. The fraction of sp³-hybridized carbons (Fsp3) is 0.143. The van der Waals surface area contributed by atoms with E-state index in [0.717, 1.165) is 16.8 Å². The first kappa shape index (κ1) is 12.7. The van der Waals surface area contributed by atoms with Gasteiger partial charge >= 0.3 is 7.12 Å². The third-order valence-corrected chi connectivity index (χ3v) is 2.88. The van der Waals surface area contributed by atoms with Crippen molar-refractivity contribution in [1.29, 1.82) is 0 Å². The minimum Gasteiger partial charge on any atom is -0.423 e. The molecule has 3 nitrogen and oxygen atoms in total. The van der Waals surface area contributed by atoms with Gasteiger partial charge in [0.2, 0.25) is 0 Å². The minimum absolute atomic E-state index is 0.515. The van der Waals surface area contributed by atoms with E-state index < -0.39 is 7.12 Å². The second-order valence-corrected chi connectivity index (χ2v) is 4.38. The van der Waals surface area contributed by atoms with E-state index in [1.165, 1.54) is 0 Å². The Morgan fingerprint density at radius 3 is 2.11 bits per heavy atom. The van der Waals surface area contributed by atoms with Crippen LogP contribution in [0.25, 0.3) is 11.1 Å². The van der Waals surface area contributed by atoms with Crippen LogP contribution in [-0.4, -0.2) is 31.3 Å². The first-order valence-electron chi connectivity index (χ1n) is 5.83. The topological polar surface area (TPSA) is 43.7 Å². The van der Waals surface area contributed by atoms with Crippen LogP contribution < -0.4 is 10.4 Å². The lowest BCUT2D eigenvalue weighted by molar-refractivity contribution is 0.426. The van der Waals surface area contributed by atoms with Crippen molar-refractivity contribution in [2.24, 2.45) is 0 Å². The van der Waals surface area contributed by atoms with Crippen molar-refractivity contribution < 1.29 is 10.0 Å². The van der Waals surface area contributed by atoms with Crippen LogP contribution in [0.5, 0.6) is 0 Å². The van der Waals surface area contributed by atoms with Crippen molar-refractivity contribution in [3.05, 3.63) is 48.5 Å². The molecule has 2 aromatic rings. The highest BCUT2D eigenvalue weighted by atomic mass is 16.4. The number of para-hydroxylation sites is 1. The number of hydrogen-bond acceptors (Lipinski definition) is 3. The fourth-order valence-electron chi connectivity index (χ4n) is 2.12. The summed E-state index contributed by atoms with van der Waals surface area (Å²) in [5.74, 6) is 0. The van der Waals surface area contributed by atoms with Gasteiger partial charge in [0, 0.05) is 30.8 Å². The van der Waals surface area contributed by atoms with E-state index in [0.29, 0.717) is 5.46 Å². The summed E-state index contributed by atoms with van der Waals surface area (Å²) in [6, 6.07) is 15.5. The minimum atomic E-state index is -1.47. The lowest BCUT2D eigenvalue weighted by atomic mass is 9.77. The van der Waals surface area contributed by atoms with Crippen LogP contribution in [-0.2, 0) is 0 Å². The van der Waals surface area contributed by atoms with Gasteiger partial charge in [-0.1, -0.05) is 48.5 Å². The summed E-state index contributed by atoms with van der Waals surface area (Å²) in [6.45, 7) is 0. The summed E-state index contributed by atoms with van der Waals surface area (Å²) in [4.78, 5) is 1.90. The van der Waals surface area contributed by atoms with Gasteiger partial charge in [-0.3, -0.25) is 0 Å². The molecule has 0 aliphatic carbocycles. The molecular formula is C14H16BNO2. The zero-order chi connectivity index (χ0) is 13.1. The van der Waals surface area contributed by atoms with Crippen LogP contribution in [0.15, 0.2) is 48.5 Å². The Hall–Kier alpha value is -1.78. The maximum absolute atomic E-state index is 9.45. The zero-order valence-electron chi connectivity index (χ0n) is 10.5. The maximum Gasteiger partial charge on any atom is 0.490 e. The molecule has 2 rings (SSSR count). The third kappa shape index (κ3) is 2.40. The second-order valence-electron chi connectivity index (χ2n) is 4.38. The largest absolute Gasteiger partial charge is 0.490 e. The lowest BCUT2D eigenvalue weighted by Gasteiger charge is -2.21. The van der Waals surface area contributed by atoms with E-state index in [2.05, 4.69) is 0 Å². The SMILES string of the molecule is CN(C)c1c(B(O)O)cccc1-c1ccccc1. The van der Waals surface area contributed by atoms with Gasteiger partial charge in [0.15, 0.2) is 0 Å². The first-order valence-corrected chi connectivity index (χ1v) is 5.83. The highest BCUT2D eigenvalue weighted by Gasteiger charge is 2.20. The standard InChI is InChI=1S/C14H16BNO2/c1-16(2)14-12(11-7-4-3-5-8-11)9-6-10-13(14)15(17)18/h3-10,17-18H,1-2H3. The molecule has 0 aromatic heterocycles. The summed E-state index contributed by atoms with van der Waals surface area (Å²) in [5, 5.41) is 18.9. The van der Waals surface area contributed by atoms with Crippen molar-refractivity contribution >= 4 is 18.3 Å². The van der Waals surface area contributed by atoms with E-state index in [-0.39, 0.29) is 0 Å². The van der Waals surface area contributed by atoms with Gasteiger partial charge in [0.1, 0.15) is 0 Å². The van der Waals surface area contributed by atoms with Crippen molar-refractivity contribution in [3.8, 4) is 11.1 Å². The number of anilines is 1. The number of nitrogens with zero attached hydrogens (tertiary/aromatic N) is 1. The van der Waals surface area contributed by atoms with E-state index in [1.807, 2.05) is 61.5 Å². The summed E-state index contributed by atoms with van der Waals surface area (Å²) in [6.07, 6.45) is 0. The molecule has 2 aromatic carbocycles. The molecule has 18 heavy (non-hydrogen) atoms. The van der Waals surface area contributed by atoms with Crippen molar-refractivity contribution in [2.75, 3.05) is 19.0 Å². The van der Waals surface area contributed by atoms with E-state index in [4.69, 9.17) is 0 Å². The predicted octanol–water partition coefficient (Wildman–Crippen LogP) is 1.10. The van der Waals surface area contributed by atoms with Gasteiger partial charge in [0.25, 0.3) is 0 Å². The summed E-state index contributed by atoms with van der Waals surface area (Å²) >= 11 is 0. The molecule has 0 fully saturated rings. The summed E-state index contributed by atoms with van der Waals surface area (Å²) in [5.41, 5.74) is 3.40. The Bertz CT molecular complexity index is 527. The fourth-order valence-corrected chi connectivity index (χ4v) is 2.12. The number of rotatable bonds is 3. The van der Waals surface area contributed by atoms with Crippen LogP contribution in [0.2, 0.25) is 0 Å². The Balaban J connectivity index is 2.64. The van der Waals surface area contributed by atoms with Crippen LogP contribution in [0.1, 0.15) is 0 Å². The Morgan fingerprint density at radius 2 is 1.56 bits per heavy atom. The summed E-state index contributed by atoms with van der Waals surface area (Å²) in [7, 11) is 2.33. The van der Waals surface area contributed by atoms with Crippen molar-refractivity contribution in [1.82, 2.24) is 0 Å². The second kappa shape index (κ2) is 5.25. The van der Waals surface area contributed by atoms with Crippen LogP contribution in [0.4, 0.5) is 5.69 Å². The van der Waals surface area contributed by atoms with E-state index >= 15 is 0 Å². The third-order valence-electron chi connectivity index (χ3n) is 2.88. The van der Waals surface area contributed by atoms with Crippen LogP contribution >= 0.6 is 0 Å². The smallest absolute Gasteiger partial charge is 0.423 e. The summed E-state index contributed by atoms with van der Waals surface area (Å²) < 4.78 is 0. The number of benzene rings is 2. The molecule has 0 atom stereocenters. The quantitative estimate of drug-likeness (QED) is 0.791.